The average molecular weight is 612 g/mol. The zero-order chi connectivity index (χ0) is 31.8. The summed E-state index contributed by atoms with van der Waals surface area (Å²) >= 11 is 0. The van der Waals surface area contributed by atoms with E-state index in [2.05, 4.69) is 0 Å². The summed E-state index contributed by atoms with van der Waals surface area (Å²) in [5, 5.41) is 0. The quantitative estimate of drug-likeness (QED) is 0.235. The van der Waals surface area contributed by atoms with Crippen LogP contribution < -0.4 is 16.0 Å². The van der Waals surface area contributed by atoms with Crippen LogP contribution in [0.25, 0.3) is 11.1 Å². The van der Waals surface area contributed by atoms with Crippen LogP contribution in [0.4, 0.5) is 22.0 Å². The Bertz CT molecular complexity index is 1880. The second-order valence-electron chi connectivity index (χ2n) is 10.1. The zero-order valence-corrected chi connectivity index (χ0v) is 23.6. The number of amides is 1. The summed E-state index contributed by atoms with van der Waals surface area (Å²) in [6.07, 6.45) is -1.73. The van der Waals surface area contributed by atoms with Crippen molar-refractivity contribution >= 4 is 5.91 Å². The smallest absolute Gasteiger partial charge is 0.416 e. The highest BCUT2D eigenvalue weighted by molar-refractivity contribution is 5.81. The van der Waals surface area contributed by atoms with Gasteiger partial charge in [-0.3, -0.25) is 18.7 Å². The Morgan fingerprint density at radius 3 is 2.25 bits per heavy atom. The van der Waals surface area contributed by atoms with Crippen molar-refractivity contribution in [3.05, 3.63) is 134 Å². The monoisotopic (exact) mass is 611 g/mol. The lowest BCUT2D eigenvalue weighted by Crippen LogP contribution is -2.45. The summed E-state index contributed by atoms with van der Waals surface area (Å²) in [4.78, 5) is 42.2. The topological polar surface area (TPSA) is 73.5 Å². The van der Waals surface area contributed by atoms with E-state index in [0.29, 0.717) is 11.6 Å². The van der Waals surface area contributed by atoms with Crippen LogP contribution in [0.5, 0.6) is 5.75 Å². The van der Waals surface area contributed by atoms with Crippen molar-refractivity contribution < 1.29 is 31.5 Å². The van der Waals surface area contributed by atoms with E-state index in [0.717, 1.165) is 21.3 Å². The summed E-state index contributed by atoms with van der Waals surface area (Å²) in [6.45, 7) is -0.0689. The molecule has 2 heterocycles. The van der Waals surface area contributed by atoms with Crippen LogP contribution in [0.3, 0.4) is 0 Å². The first-order valence-corrected chi connectivity index (χ1v) is 13.5. The van der Waals surface area contributed by atoms with Gasteiger partial charge >= 0.3 is 11.9 Å². The molecule has 0 unspecified atom stereocenters. The Kier molecular flexibility index (Phi) is 8.27. The number of ether oxygens (including phenoxy) is 1. The summed E-state index contributed by atoms with van der Waals surface area (Å²) < 4.78 is 78.9. The van der Waals surface area contributed by atoms with Gasteiger partial charge < -0.3 is 9.64 Å². The van der Waals surface area contributed by atoms with Crippen LogP contribution in [0.2, 0.25) is 0 Å². The predicted octanol–water partition coefficient (Wildman–Crippen LogP) is 5.83. The fourth-order valence-electron chi connectivity index (χ4n) is 5.40. The SMILES string of the molecule is COc1cccc(-c2c(C)n(Cc3c(F)cccc3C(F)(F)F)c(=O)n(C[C@@H](c3ccccc3)N3C=CCC3=O)c2=O)c1F. The third kappa shape index (κ3) is 5.54. The van der Waals surface area contributed by atoms with Crippen molar-refractivity contribution in [2.24, 2.45) is 0 Å². The molecule has 5 rings (SSSR count). The van der Waals surface area contributed by atoms with Gasteiger partial charge in [0.25, 0.3) is 5.56 Å². The number of hydrogen-bond acceptors (Lipinski definition) is 4. The number of alkyl halides is 3. The number of halogens is 5. The van der Waals surface area contributed by atoms with Crippen molar-refractivity contribution in [2.75, 3.05) is 7.11 Å². The molecule has 228 valence electrons. The van der Waals surface area contributed by atoms with Gasteiger partial charge in [-0.15, -0.1) is 0 Å². The largest absolute Gasteiger partial charge is 0.494 e. The van der Waals surface area contributed by atoms with E-state index >= 15 is 4.39 Å². The van der Waals surface area contributed by atoms with Gasteiger partial charge in [0.2, 0.25) is 5.91 Å². The summed E-state index contributed by atoms with van der Waals surface area (Å²) in [5.74, 6) is -2.67. The van der Waals surface area contributed by atoms with Crippen molar-refractivity contribution in [3.63, 3.8) is 0 Å². The Labute approximate surface area is 248 Å². The minimum Gasteiger partial charge on any atom is -0.494 e. The molecule has 0 spiro atoms. The third-order valence-electron chi connectivity index (χ3n) is 7.60. The first-order chi connectivity index (χ1) is 20.9. The minimum atomic E-state index is -4.95. The Morgan fingerprint density at radius 1 is 0.909 bits per heavy atom. The van der Waals surface area contributed by atoms with Gasteiger partial charge in [-0.05, 0) is 30.7 Å². The molecule has 44 heavy (non-hydrogen) atoms. The average Bonchev–Trinajstić information content (AvgIpc) is 3.42. The number of aromatic nitrogens is 2. The molecule has 1 aromatic heterocycles. The van der Waals surface area contributed by atoms with Crippen molar-refractivity contribution in [1.82, 2.24) is 14.0 Å². The molecule has 1 atom stereocenters. The van der Waals surface area contributed by atoms with E-state index in [9.17, 15) is 31.9 Å². The molecular weight excluding hydrogens is 585 g/mol. The number of carbonyl (C=O) groups is 1. The molecule has 0 saturated heterocycles. The molecule has 0 fully saturated rings. The normalized spacial score (nSPS) is 13.9. The molecule has 12 heteroatoms. The molecule has 7 nitrogen and oxygen atoms in total. The summed E-state index contributed by atoms with van der Waals surface area (Å²) in [6, 6.07) is 14.1. The van der Waals surface area contributed by atoms with Crippen molar-refractivity contribution in [1.29, 1.82) is 0 Å². The highest BCUT2D eigenvalue weighted by atomic mass is 19.4. The number of nitrogens with zero attached hydrogens (tertiary/aromatic N) is 3. The van der Waals surface area contributed by atoms with Gasteiger partial charge in [0.05, 0.1) is 37.4 Å². The van der Waals surface area contributed by atoms with E-state index < -0.39 is 59.3 Å². The molecular formula is C32H26F5N3O4. The van der Waals surface area contributed by atoms with Gasteiger partial charge in [-0.25, -0.2) is 13.6 Å². The molecule has 1 aliphatic rings. The van der Waals surface area contributed by atoms with Crippen LogP contribution in [-0.4, -0.2) is 27.1 Å². The highest BCUT2D eigenvalue weighted by Crippen LogP contribution is 2.34. The van der Waals surface area contributed by atoms with Gasteiger partial charge in [-0.2, -0.15) is 13.2 Å². The first kappa shape index (κ1) is 30.5. The Balaban J connectivity index is 1.79. The fraction of sp³-hybridized carbons (Fsp3) is 0.219. The lowest BCUT2D eigenvalue weighted by molar-refractivity contribution is -0.138. The molecule has 4 aromatic rings. The van der Waals surface area contributed by atoms with Crippen LogP contribution >= 0.6 is 0 Å². The Hall–Kier alpha value is -5.00. The molecule has 0 radical (unpaired) electrons. The number of carbonyl (C=O) groups excluding carboxylic acids is 1. The van der Waals surface area contributed by atoms with E-state index in [-0.39, 0.29) is 34.9 Å². The number of methoxy groups -OCH3 is 1. The van der Waals surface area contributed by atoms with Gasteiger partial charge in [0, 0.05) is 29.4 Å². The molecule has 0 bridgehead atoms. The van der Waals surface area contributed by atoms with E-state index in [4.69, 9.17) is 4.74 Å². The molecule has 0 N–H and O–H groups in total. The maximum absolute atomic E-state index is 15.6. The van der Waals surface area contributed by atoms with Crippen molar-refractivity contribution in [2.45, 2.75) is 38.7 Å². The molecule has 0 saturated carbocycles. The van der Waals surface area contributed by atoms with E-state index in [1.165, 1.54) is 43.3 Å². The number of hydrogen-bond donors (Lipinski definition) is 0. The zero-order valence-electron chi connectivity index (χ0n) is 23.6. The number of benzene rings is 3. The lowest BCUT2D eigenvalue weighted by atomic mass is 10.0. The maximum Gasteiger partial charge on any atom is 0.416 e. The van der Waals surface area contributed by atoms with Crippen LogP contribution in [0.15, 0.2) is 88.6 Å². The predicted molar refractivity (Wildman–Crippen MR) is 152 cm³/mol. The van der Waals surface area contributed by atoms with Gasteiger partial charge in [0.15, 0.2) is 11.6 Å². The van der Waals surface area contributed by atoms with E-state index in [1.54, 1.807) is 36.4 Å². The van der Waals surface area contributed by atoms with Crippen LogP contribution in [0, 0.1) is 18.6 Å². The minimum absolute atomic E-state index is 0.0874. The third-order valence-corrected chi connectivity index (χ3v) is 7.60. The van der Waals surface area contributed by atoms with Gasteiger partial charge in [-0.1, -0.05) is 54.6 Å². The molecule has 1 amide bonds. The van der Waals surface area contributed by atoms with Gasteiger partial charge in [0.1, 0.15) is 5.82 Å². The second kappa shape index (κ2) is 11.9. The first-order valence-electron chi connectivity index (χ1n) is 13.5. The maximum atomic E-state index is 15.6. The molecule has 3 aromatic carbocycles. The summed E-state index contributed by atoms with van der Waals surface area (Å²) in [7, 11) is 1.22. The molecule has 1 aliphatic heterocycles. The second-order valence-corrected chi connectivity index (χ2v) is 10.1. The van der Waals surface area contributed by atoms with Crippen LogP contribution in [-0.2, 0) is 24.1 Å². The lowest BCUT2D eigenvalue weighted by Gasteiger charge is -2.28. The molecule has 0 aliphatic carbocycles. The Morgan fingerprint density at radius 2 is 1.61 bits per heavy atom. The highest BCUT2D eigenvalue weighted by Gasteiger charge is 2.35. The summed E-state index contributed by atoms with van der Waals surface area (Å²) in [5.41, 5.74) is -4.37. The van der Waals surface area contributed by atoms with E-state index in [1.807, 2.05) is 0 Å². The number of rotatable bonds is 8. The fourth-order valence-corrected chi connectivity index (χ4v) is 5.40. The standard InChI is InChI=1S/C32H26F5N3O4/c1-19-28(21-11-6-14-26(44-2)29(21)34)30(42)40(18-25(20-9-4-3-5-10-20)38-16-8-15-27(38)41)31(43)39(19)17-22-23(32(35,36)37)12-7-13-24(22)33/h3-14,16,25H,15,17-18H2,1-2H3/t25-/m0/s1. The van der Waals surface area contributed by atoms with Crippen LogP contribution in [0.1, 0.15) is 34.8 Å². The van der Waals surface area contributed by atoms with Crippen molar-refractivity contribution in [3.8, 4) is 16.9 Å².